The van der Waals surface area contributed by atoms with Gasteiger partial charge in [-0.05, 0) is 44.8 Å². The van der Waals surface area contributed by atoms with Crippen LogP contribution in [0.5, 0.6) is 0 Å². The highest BCUT2D eigenvalue weighted by Crippen LogP contribution is 2.16. The van der Waals surface area contributed by atoms with Gasteiger partial charge in [-0.3, -0.25) is 0 Å². The van der Waals surface area contributed by atoms with Crippen LogP contribution >= 0.6 is 0 Å². The van der Waals surface area contributed by atoms with Gasteiger partial charge in [0.1, 0.15) is 0 Å². The number of aliphatic hydroxyl groups is 1. The average molecular weight is 214 g/mol. The van der Waals surface area contributed by atoms with E-state index in [-0.39, 0.29) is 0 Å². The van der Waals surface area contributed by atoms with E-state index >= 15 is 0 Å². The second-order valence-electron chi connectivity index (χ2n) is 4.93. The van der Waals surface area contributed by atoms with E-state index in [1.807, 2.05) is 0 Å². The quantitative estimate of drug-likeness (QED) is 0.694. The minimum Gasteiger partial charge on any atom is -0.396 e. The van der Waals surface area contributed by atoms with Gasteiger partial charge in [-0.1, -0.05) is 13.8 Å². The van der Waals surface area contributed by atoms with Crippen molar-refractivity contribution in [1.82, 2.24) is 10.2 Å². The monoisotopic (exact) mass is 214 g/mol. The molecule has 0 aromatic heterocycles. The van der Waals surface area contributed by atoms with Crippen molar-refractivity contribution in [1.29, 1.82) is 0 Å². The molecule has 1 aliphatic rings. The Morgan fingerprint density at radius 1 is 1.33 bits per heavy atom. The summed E-state index contributed by atoms with van der Waals surface area (Å²) in [7, 11) is 0. The first-order valence-electron chi connectivity index (χ1n) is 6.29. The predicted molar refractivity (Wildman–Crippen MR) is 64.0 cm³/mol. The third-order valence-electron chi connectivity index (χ3n) is 3.15. The summed E-state index contributed by atoms with van der Waals surface area (Å²) in [6.07, 6.45) is 3.55. The van der Waals surface area contributed by atoms with Gasteiger partial charge in [-0.2, -0.15) is 0 Å². The maximum absolute atomic E-state index is 8.76. The van der Waals surface area contributed by atoms with Crippen molar-refractivity contribution in [2.45, 2.75) is 39.2 Å². The van der Waals surface area contributed by atoms with E-state index in [1.165, 1.54) is 32.5 Å². The van der Waals surface area contributed by atoms with Crippen molar-refractivity contribution >= 4 is 0 Å². The van der Waals surface area contributed by atoms with Crippen molar-refractivity contribution in [3.05, 3.63) is 0 Å². The van der Waals surface area contributed by atoms with Gasteiger partial charge in [0.2, 0.25) is 0 Å². The van der Waals surface area contributed by atoms with Crippen LogP contribution in [0.1, 0.15) is 33.1 Å². The van der Waals surface area contributed by atoms with Crippen molar-refractivity contribution in [3.8, 4) is 0 Å². The molecule has 1 rings (SSSR count). The van der Waals surface area contributed by atoms with Crippen LogP contribution in [0.2, 0.25) is 0 Å². The molecule has 0 spiro atoms. The van der Waals surface area contributed by atoms with Gasteiger partial charge in [0.05, 0.1) is 0 Å². The molecule has 0 aromatic rings. The SMILES string of the molecule is CC(C)NCC1CCN(CCCO)CC1. The van der Waals surface area contributed by atoms with E-state index in [0.29, 0.717) is 12.6 Å². The van der Waals surface area contributed by atoms with Crippen LogP contribution in [-0.2, 0) is 0 Å². The molecule has 0 atom stereocenters. The van der Waals surface area contributed by atoms with E-state index in [9.17, 15) is 0 Å². The van der Waals surface area contributed by atoms with Gasteiger partial charge in [-0.25, -0.2) is 0 Å². The van der Waals surface area contributed by atoms with Gasteiger partial charge >= 0.3 is 0 Å². The van der Waals surface area contributed by atoms with E-state index < -0.39 is 0 Å². The number of likely N-dealkylation sites (tertiary alicyclic amines) is 1. The smallest absolute Gasteiger partial charge is 0.0443 e. The van der Waals surface area contributed by atoms with Crippen LogP contribution in [0.15, 0.2) is 0 Å². The Labute approximate surface area is 93.9 Å². The maximum atomic E-state index is 8.76. The molecule has 0 amide bonds. The standard InChI is InChI=1S/C12H26N2O/c1-11(2)13-10-12-4-7-14(8-5-12)6-3-9-15/h11-13,15H,3-10H2,1-2H3. The highest BCUT2D eigenvalue weighted by molar-refractivity contribution is 4.74. The van der Waals surface area contributed by atoms with Crippen LogP contribution in [0.3, 0.4) is 0 Å². The summed E-state index contributed by atoms with van der Waals surface area (Å²) in [4.78, 5) is 2.47. The highest BCUT2D eigenvalue weighted by Gasteiger charge is 2.18. The fourth-order valence-electron chi connectivity index (χ4n) is 2.11. The van der Waals surface area contributed by atoms with Crippen LogP contribution in [0.4, 0.5) is 0 Å². The average Bonchev–Trinajstić information content (AvgIpc) is 2.25. The van der Waals surface area contributed by atoms with Crippen molar-refractivity contribution in [2.75, 3.05) is 32.8 Å². The normalized spacial score (nSPS) is 20.0. The summed E-state index contributed by atoms with van der Waals surface area (Å²) in [5.74, 6) is 0.859. The topological polar surface area (TPSA) is 35.5 Å². The van der Waals surface area contributed by atoms with E-state index in [4.69, 9.17) is 5.11 Å². The lowest BCUT2D eigenvalue weighted by molar-refractivity contribution is 0.165. The molecule has 0 radical (unpaired) electrons. The van der Waals surface area contributed by atoms with Gasteiger partial charge in [0.15, 0.2) is 0 Å². The number of nitrogens with zero attached hydrogens (tertiary/aromatic N) is 1. The molecule has 0 aliphatic carbocycles. The van der Waals surface area contributed by atoms with E-state index in [0.717, 1.165) is 18.9 Å². The molecular formula is C12H26N2O. The molecule has 2 N–H and O–H groups in total. The fraction of sp³-hybridized carbons (Fsp3) is 1.00. The van der Waals surface area contributed by atoms with Crippen LogP contribution in [0, 0.1) is 5.92 Å². The van der Waals surface area contributed by atoms with Gasteiger partial charge in [-0.15, -0.1) is 0 Å². The van der Waals surface area contributed by atoms with E-state index in [1.54, 1.807) is 0 Å². The van der Waals surface area contributed by atoms with Gasteiger partial charge < -0.3 is 15.3 Å². The lowest BCUT2D eigenvalue weighted by Crippen LogP contribution is -2.39. The molecule has 1 fully saturated rings. The molecule has 0 saturated carbocycles. The lowest BCUT2D eigenvalue weighted by Gasteiger charge is -2.32. The van der Waals surface area contributed by atoms with Crippen LogP contribution in [-0.4, -0.2) is 48.8 Å². The maximum Gasteiger partial charge on any atom is 0.0443 e. The minimum atomic E-state index is 0.328. The zero-order chi connectivity index (χ0) is 11.1. The van der Waals surface area contributed by atoms with E-state index in [2.05, 4.69) is 24.1 Å². The molecule has 0 unspecified atom stereocenters. The third-order valence-corrected chi connectivity index (χ3v) is 3.15. The Balaban J connectivity index is 2.07. The Bertz CT molecular complexity index is 154. The zero-order valence-electron chi connectivity index (χ0n) is 10.2. The fourth-order valence-corrected chi connectivity index (χ4v) is 2.11. The Kier molecular flexibility index (Phi) is 6.22. The minimum absolute atomic E-state index is 0.328. The molecule has 3 nitrogen and oxygen atoms in total. The second kappa shape index (κ2) is 7.20. The number of rotatable bonds is 6. The first-order valence-corrected chi connectivity index (χ1v) is 6.29. The van der Waals surface area contributed by atoms with Crippen molar-refractivity contribution < 1.29 is 5.11 Å². The number of hydrogen-bond acceptors (Lipinski definition) is 3. The summed E-state index contributed by atoms with van der Waals surface area (Å²) < 4.78 is 0. The molecule has 1 heterocycles. The highest BCUT2D eigenvalue weighted by atomic mass is 16.3. The predicted octanol–water partition coefficient (Wildman–Crippen LogP) is 1.08. The zero-order valence-corrected chi connectivity index (χ0v) is 10.2. The summed E-state index contributed by atoms with van der Waals surface area (Å²) >= 11 is 0. The number of piperidine rings is 1. The molecular weight excluding hydrogens is 188 g/mol. The Hall–Kier alpha value is -0.120. The number of nitrogens with one attached hydrogen (secondary N) is 1. The van der Waals surface area contributed by atoms with Crippen LogP contribution in [0.25, 0.3) is 0 Å². The van der Waals surface area contributed by atoms with Crippen molar-refractivity contribution in [2.24, 2.45) is 5.92 Å². The number of aliphatic hydroxyl groups excluding tert-OH is 1. The lowest BCUT2D eigenvalue weighted by atomic mass is 9.96. The molecule has 1 aliphatic heterocycles. The molecule has 15 heavy (non-hydrogen) atoms. The first-order chi connectivity index (χ1) is 7.22. The van der Waals surface area contributed by atoms with Gasteiger partial charge in [0, 0.05) is 19.2 Å². The van der Waals surface area contributed by atoms with Crippen LogP contribution < -0.4 is 5.32 Å². The second-order valence-corrected chi connectivity index (χ2v) is 4.93. The molecule has 0 aromatic carbocycles. The molecule has 3 heteroatoms. The molecule has 90 valence electrons. The summed E-state index contributed by atoms with van der Waals surface area (Å²) in [5.41, 5.74) is 0. The van der Waals surface area contributed by atoms with Crippen molar-refractivity contribution in [3.63, 3.8) is 0 Å². The summed E-state index contributed by atoms with van der Waals surface area (Å²) in [6.45, 7) is 9.41. The molecule has 0 bridgehead atoms. The largest absolute Gasteiger partial charge is 0.396 e. The summed E-state index contributed by atoms with van der Waals surface area (Å²) in [6, 6.07) is 0.609. The third kappa shape index (κ3) is 5.50. The summed E-state index contributed by atoms with van der Waals surface area (Å²) in [5, 5.41) is 12.3. The molecule has 1 saturated heterocycles. The van der Waals surface area contributed by atoms with Gasteiger partial charge in [0.25, 0.3) is 0 Å². The first kappa shape index (κ1) is 12.9. The Morgan fingerprint density at radius 2 is 2.00 bits per heavy atom. The Morgan fingerprint density at radius 3 is 2.53 bits per heavy atom. The number of hydrogen-bond donors (Lipinski definition) is 2.